The molecule has 18 heavy (non-hydrogen) atoms. The predicted molar refractivity (Wildman–Crippen MR) is 77.0 cm³/mol. The Morgan fingerprint density at radius 2 is 1.94 bits per heavy atom. The van der Waals surface area contributed by atoms with Crippen LogP contribution in [0.1, 0.15) is 26.7 Å². The lowest BCUT2D eigenvalue weighted by Gasteiger charge is -2.29. The number of aliphatic imine (C=N–C) groups is 1. The molecule has 1 saturated heterocycles. The minimum absolute atomic E-state index is 0.667. The van der Waals surface area contributed by atoms with Crippen molar-refractivity contribution in [1.82, 2.24) is 10.2 Å². The quantitative estimate of drug-likeness (QED) is 0.614. The van der Waals surface area contributed by atoms with Crippen LogP contribution in [-0.2, 0) is 4.74 Å². The number of hydrogen-bond donors (Lipinski definition) is 1. The molecule has 1 aliphatic rings. The molecule has 0 radical (unpaired) electrons. The SMILES string of the molecule is CN=C(OCC1CCN(C)CC1)/C(C)=C(\C)NC. The van der Waals surface area contributed by atoms with Gasteiger partial charge in [-0.25, -0.2) is 0 Å². The van der Waals surface area contributed by atoms with E-state index in [1.807, 2.05) is 20.9 Å². The molecule has 0 atom stereocenters. The molecule has 1 aliphatic heterocycles. The van der Waals surface area contributed by atoms with Crippen molar-refractivity contribution in [2.45, 2.75) is 26.7 Å². The fraction of sp³-hybridized carbons (Fsp3) is 0.786. The summed E-state index contributed by atoms with van der Waals surface area (Å²) in [7, 11) is 5.89. The summed E-state index contributed by atoms with van der Waals surface area (Å²) >= 11 is 0. The highest BCUT2D eigenvalue weighted by Gasteiger charge is 2.18. The van der Waals surface area contributed by atoms with E-state index >= 15 is 0 Å². The maximum atomic E-state index is 5.88. The van der Waals surface area contributed by atoms with Crippen molar-refractivity contribution >= 4 is 5.90 Å². The highest BCUT2D eigenvalue weighted by Crippen LogP contribution is 2.17. The van der Waals surface area contributed by atoms with E-state index < -0.39 is 0 Å². The molecule has 4 heteroatoms. The molecule has 1 heterocycles. The third-order valence-electron chi connectivity index (χ3n) is 3.76. The van der Waals surface area contributed by atoms with Crippen molar-refractivity contribution in [3.63, 3.8) is 0 Å². The van der Waals surface area contributed by atoms with Crippen LogP contribution in [0.25, 0.3) is 0 Å². The van der Waals surface area contributed by atoms with Gasteiger partial charge in [-0.15, -0.1) is 0 Å². The second-order valence-corrected chi connectivity index (χ2v) is 5.09. The van der Waals surface area contributed by atoms with Crippen LogP contribution in [0.4, 0.5) is 0 Å². The molecule has 0 aliphatic carbocycles. The molecule has 0 unspecified atom stereocenters. The number of allylic oxidation sites excluding steroid dienone is 1. The van der Waals surface area contributed by atoms with Crippen LogP contribution in [0.15, 0.2) is 16.3 Å². The normalized spacial score (nSPS) is 20.6. The zero-order chi connectivity index (χ0) is 13.5. The van der Waals surface area contributed by atoms with Gasteiger partial charge in [0.25, 0.3) is 0 Å². The van der Waals surface area contributed by atoms with E-state index in [1.54, 1.807) is 7.05 Å². The number of ether oxygens (including phenoxy) is 1. The summed E-state index contributed by atoms with van der Waals surface area (Å²) in [6.45, 7) is 7.23. The molecule has 0 spiro atoms. The number of nitrogens with one attached hydrogen (secondary N) is 1. The summed E-state index contributed by atoms with van der Waals surface area (Å²) in [4.78, 5) is 6.62. The van der Waals surface area contributed by atoms with Gasteiger partial charge in [-0.05, 0) is 52.7 Å². The molecule has 1 rings (SSSR count). The van der Waals surface area contributed by atoms with Crippen molar-refractivity contribution in [1.29, 1.82) is 0 Å². The minimum Gasteiger partial charge on any atom is -0.477 e. The van der Waals surface area contributed by atoms with E-state index in [4.69, 9.17) is 4.74 Å². The first-order valence-corrected chi connectivity index (χ1v) is 6.72. The Morgan fingerprint density at radius 1 is 1.33 bits per heavy atom. The van der Waals surface area contributed by atoms with Gasteiger partial charge in [0.05, 0.1) is 6.61 Å². The maximum Gasteiger partial charge on any atom is 0.213 e. The second-order valence-electron chi connectivity index (χ2n) is 5.09. The highest BCUT2D eigenvalue weighted by atomic mass is 16.5. The Kier molecular flexibility index (Phi) is 6.19. The average Bonchev–Trinajstić information content (AvgIpc) is 2.40. The van der Waals surface area contributed by atoms with Crippen molar-refractivity contribution < 1.29 is 4.74 Å². The van der Waals surface area contributed by atoms with Crippen molar-refractivity contribution in [3.8, 4) is 0 Å². The fourth-order valence-corrected chi connectivity index (χ4v) is 2.11. The number of rotatable bonds is 4. The Labute approximate surface area is 111 Å². The van der Waals surface area contributed by atoms with Crippen molar-refractivity contribution in [2.24, 2.45) is 10.9 Å². The number of nitrogens with zero attached hydrogens (tertiary/aromatic N) is 2. The van der Waals surface area contributed by atoms with Gasteiger partial charge >= 0.3 is 0 Å². The minimum atomic E-state index is 0.667. The Morgan fingerprint density at radius 3 is 2.44 bits per heavy atom. The first-order valence-electron chi connectivity index (χ1n) is 6.72. The van der Waals surface area contributed by atoms with Crippen LogP contribution >= 0.6 is 0 Å². The summed E-state index contributed by atoms with van der Waals surface area (Å²) in [6, 6.07) is 0. The molecule has 0 aromatic rings. The molecule has 0 aromatic heterocycles. The monoisotopic (exact) mass is 253 g/mol. The van der Waals surface area contributed by atoms with E-state index in [1.165, 1.54) is 25.9 Å². The molecular weight excluding hydrogens is 226 g/mol. The molecule has 0 saturated carbocycles. The summed E-state index contributed by atoms with van der Waals surface area (Å²) in [6.07, 6.45) is 2.45. The zero-order valence-corrected chi connectivity index (χ0v) is 12.4. The smallest absolute Gasteiger partial charge is 0.213 e. The van der Waals surface area contributed by atoms with Crippen LogP contribution in [0, 0.1) is 5.92 Å². The Balaban J connectivity index is 2.46. The van der Waals surface area contributed by atoms with Gasteiger partial charge in [-0.1, -0.05) is 0 Å². The molecule has 4 nitrogen and oxygen atoms in total. The van der Waals surface area contributed by atoms with Crippen molar-refractivity contribution in [2.75, 3.05) is 40.8 Å². The van der Waals surface area contributed by atoms with E-state index in [-0.39, 0.29) is 0 Å². The zero-order valence-electron chi connectivity index (χ0n) is 12.4. The molecule has 0 bridgehead atoms. The molecule has 104 valence electrons. The van der Waals surface area contributed by atoms with Crippen LogP contribution in [0.3, 0.4) is 0 Å². The average molecular weight is 253 g/mol. The van der Waals surface area contributed by atoms with Crippen LogP contribution in [-0.4, -0.2) is 51.6 Å². The van der Waals surface area contributed by atoms with Gasteiger partial charge in [0.2, 0.25) is 5.90 Å². The lowest BCUT2D eigenvalue weighted by Crippen LogP contribution is -2.32. The van der Waals surface area contributed by atoms with Crippen LogP contribution in [0.2, 0.25) is 0 Å². The van der Waals surface area contributed by atoms with Gasteiger partial charge < -0.3 is 15.0 Å². The Hall–Kier alpha value is -1.03. The van der Waals surface area contributed by atoms with E-state index in [0.717, 1.165) is 23.8 Å². The second kappa shape index (κ2) is 7.41. The standard InChI is InChI=1S/C14H27N3O/c1-11(12(2)15-3)14(16-4)18-10-13-6-8-17(5)9-7-13/h13,15H,6-10H2,1-5H3/b12-11+,16-14?. The largest absolute Gasteiger partial charge is 0.477 e. The molecular formula is C14H27N3O. The number of piperidine rings is 1. The number of hydrogen-bond acceptors (Lipinski definition) is 4. The summed E-state index contributed by atoms with van der Waals surface area (Å²) in [5, 5.41) is 3.14. The molecule has 0 amide bonds. The predicted octanol–water partition coefficient (Wildman–Crippen LogP) is 1.89. The summed E-state index contributed by atoms with van der Waals surface area (Å²) in [5.41, 5.74) is 2.20. The van der Waals surface area contributed by atoms with E-state index in [0.29, 0.717) is 5.92 Å². The highest BCUT2D eigenvalue weighted by molar-refractivity contribution is 5.93. The lowest BCUT2D eigenvalue weighted by atomic mass is 9.98. The fourth-order valence-electron chi connectivity index (χ4n) is 2.11. The van der Waals surface area contributed by atoms with Gasteiger partial charge in [0, 0.05) is 25.4 Å². The molecule has 0 aromatic carbocycles. The van der Waals surface area contributed by atoms with Gasteiger partial charge in [0.15, 0.2) is 0 Å². The van der Waals surface area contributed by atoms with Gasteiger partial charge in [-0.2, -0.15) is 0 Å². The summed E-state index contributed by atoms with van der Waals surface area (Å²) in [5.74, 6) is 1.43. The lowest BCUT2D eigenvalue weighted by molar-refractivity contribution is 0.154. The first-order chi connectivity index (χ1) is 8.58. The molecule has 1 fully saturated rings. The third-order valence-corrected chi connectivity index (χ3v) is 3.76. The van der Waals surface area contributed by atoms with Crippen LogP contribution in [0.5, 0.6) is 0 Å². The molecule has 1 N–H and O–H groups in total. The van der Waals surface area contributed by atoms with Crippen molar-refractivity contribution in [3.05, 3.63) is 11.3 Å². The van der Waals surface area contributed by atoms with Gasteiger partial charge in [0.1, 0.15) is 0 Å². The van der Waals surface area contributed by atoms with E-state index in [9.17, 15) is 0 Å². The topological polar surface area (TPSA) is 36.9 Å². The summed E-state index contributed by atoms with van der Waals surface area (Å²) < 4.78 is 5.88. The maximum absolute atomic E-state index is 5.88. The van der Waals surface area contributed by atoms with Gasteiger partial charge in [-0.3, -0.25) is 4.99 Å². The first kappa shape index (κ1) is 15.0. The van der Waals surface area contributed by atoms with E-state index in [2.05, 4.69) is 22.3 Å². The number of likely N-dealkylation sites (tertiary alicyclic amines) is 1. The van der Waals surface area contributed by atoms with Crippen LogP contribution < -0.4 is 5.32 Å². The third kappa shape index (κ3) is 4.33. The Bertz CT molecular complexity index is 315.